The summed E-state index contributed by atoms with van der Waals surface area (Å²) >= 11 is 1.48. The van der Waals surface area contributed by atoms with Crippen LogP contribution in [0.1, 0.15) is 5.01 Å². The minimum atomic E-state index is -4.84. The Kier molecular flexibility index (Phi) is 5.11. The van der Waals surface area contributed by atoms with Gasteiger partial charge in [0.05, 0.1) is 15.6 Å². The normalized spacial score (nSPS) is 12.0. The zero-order valence-corrected chi connectivity index (χ0v) is 15.5. The quantitative estimate of drug-likeness (QED) is 0.650. The number of aryl methyl sites for hydroxylation is 1. The maximum absolute atomic E-state index is 12.5. The summed E-state index contributed by atoms with van der Waals surface area (Å²) in [5.41, 5.74) is 1.79. The highest BCUT2D eigenvalue weighted by Crippen LogP contribution is 2.27. The number of nitrogens with zero attached hydrogens (tertiary/aromatic N) is 1. The fourth-order valence-corrected chi connectivity index (χ4v) is 3.94. The van der Waals surface area contributed by atoms with Gasteiger partial charge in [-0.2, -0.15) is 0 Å². The molecular weight excluding hydrogens is 401 g/mol. The molecule has 1 N–H and O–H groups in total. The van der Waals surface area contributed by atoms with Gasteiger partial charge in [0.25, 0.3) is 10.0 Å². The zero-order valence-electron chi connectivity index (χ0n) is 13.8. The van der Waals surface area contributed by atoms with Gasteiger partial charge in [-0.1, -0.05) is 12.1 Å². The highest BCUT2D eigenvalue weighted by atomic mass is 32.2. The minimum absolute atomic E-state index is 0.188. The molecule has 3 aromatic rings. The molecule has 5 nitrogen and oxygen atoms in total. The van der Waals surface area contributed by atoms with E-state index in [0.717, 1.165) is 40.5 Å². The van der Waals surface area contributed by atoms with Gasteiger partial charge in [-0.05, 0) is 43.3 Å². The maximum atomic E-state index is 12.5. The summed E-state index contributed by atoms with van der Waals surface area (Å²) in [6.07, 6.45) is -4.84. The number of nitrogens with one attached hydrogen (secondary N) is 1. The van der Waals surface area contributed by atoms with Crippen molar-refractivity contribution in [3.63, 3.8) is 0 Å². The van der Waals surface area contributed by atoms with Crippen molar-refractivity contribution in [3.8, 4) is 17.0 Å². The van der Waals surface area contributed by atoms with Gasteiger partial charge in [0.1, 0.15) is 5.75 Å². The smallest absolute Gasteiger partial charge is 0.406 e. The number of sulfonamides is 1. The van der Waals surface area contributed by atoms with Crippen LogP contribution in [0.15, 0.2) is 58.8 Å². The van der Waals surface area contributed by atoms with Crippen molar-refractivity contribution >= 4 is 27.0 Å². The van der Waals surface area contributed by atoms with Crippen molar-refractivity contribution in [2.75, 3.05) is 4.72 Å². The zero-order chi connectivity index (χ0) is 19.7. The largest absolute Gasteiger partial charge is 0.573 e. The Bertz CT molecular complexity index is 1050. The Morgan fingerprint density at radius 3 is 2.41 bits per heavy atom. The molecule has 0 fully saturated rings. The summed E-state index contributed by atoms with van der Waals surface area (Å²) in [6.45, 7) is 1.87. The predicted octanol–water partition coefficient (Wildman–Crippen LogP) is 4.82. The van der Waals surface area contributed by atoms with E-state index in [-0.39, 0.29) is 4.90 Å². The van der Waals surface area contributed by atoms with Crippen LogP contribution in [-0.4, -0.2) is 19.8 Å². The van der Waals surface area contributed by atoms with Gasteiger partial charge >= 0.3 is 6.36 Å². The van der Waals surface area contributed by atoms with E-state index in [1.165, 1.54) is 11.3 Å². The summed E-state index contributed by atoms with van der Waals surface area (Å²) in [5.74, 6) is -0.498. The fraction of sp³-hybridized carbons (Fsp3) is 0.118. The summed E-state index contributed by atoms with van der Waals surface area (Å²) < 4.78 is 67.6. The molecule has 0 aliphatic carbocycles. The van der Waals surface area contributed by atoms with Gasteiger partial charge in [0.15, 0.2) is 0 Å². The van der Waals surface area contributed by atoms with Crippen LogP contribution in [0.5, 0.6) is 5.75 Å². The number of alkyl halides is 3. The van der Waals surface area contributed by atoms with Gasteiger partial charge in [-0.3, -0.25) is 4.72 Å². The molecule has 2 aromatic carbocycles. The van der Waals surface area contributed by atoms with E-state index in [2.05, 4.69) is 14.4 Å². The minimum Gasteiger partial charge on any atom is -0.406 e. The third-order valence-corrected chi connectivity index (χ3v) is 5.57. The van der Waals surface area contributed by atoms with E-state index >= 15 is 0 Å². The maximum Gasteiger partial charge on any atom is 0.573 e. The fourth-order valence-electron chi connectivity index (χ4n) is 2.27. The molecule has 0 saturated heterocycles. The molecule has 0 aliphatic rings. The molecule has 0 unspecified atom stereocenters. The number of hydrogen-bond acceptors (Lipinski definition) is 5. The van der Waals surface area contributed by atoms with Crippen LogP contribution in [0, 0.1) is 6.92 Å². The Morgan fingerprint density at radius 2 is 1.81 bits per heavy atom. The highest BCUT2D eigenvalue weighted by molar-refractivity contribution is 7.92. The average Bonchev–Trinajstić information content (AvgIpc) is 3.00. The summed E-state index contributed by atoms with van der Waals surface area (Å²) in [7, 11) is -3.97. The SMILES string of the molecule is Cc1nc(-c2cccc(NS(=O)(=O)c3ccc(OC(F)(F)F)cc3)c2)cs1. The number of ether oxygens (including phenoxy) is 1. The van der Waals surface area contributed by atoms with Crippen LogP contribution in [0.4, 0.5) is 18.9 Å². The molecule has 0 spiro atoms. The van der Waals surface area contributed by atoms with Crippen molar-refractivity contribution in [2.24, 2.45) is 0 Å². The lowest BCUT2D eigenvalue weighted by Gasteiger charge is -2.11. The van der Waals surface area contributed by atoms with Crippen molar-refractivity contribution in [2.45, 2.75) is 18.2 Å². The predicted molar refractivity (Wildman–Crippen MR) is 96.2 cm³/mol. The summed E-state index contributed by atoms with van der Waals surface area (Å²) in [5, 5.41) is 2.75. The van der Waals surface area contributed by atoms with E-state index < -0.39 is 22.1 Å². The lowest BCUT2D eigenvalue weighted by molar-refractivity contribution is -0.274. The van der Waals surface area contributed by atoms with Crippen LogP contribution in [-0.2, 0) is 10.0 Å². The topological polar surface area (TPSA) is 68.3 Å². The number of benzene rings is 2. The first-order valence-corrected chi connectivity index (χ1v) is 9.90. The number of thiazole rings is 1. The van der Waals surface area contributed by atoms with Crippen molar-refractivity contribution in [1.82, 2.24) is 4.98 Å². The molecule has 142 valence electrons. The number of anilines is 1. The Morgan fingerprint density at radius 1 is 1.11 bits per heavy atom. The first-order chi connectivity index (χ1) is 12.6. The van der Waals surface area contributed by atoms with E-state index in [0.29, 0.717) is 5.69 Å². The van der Waals surface area contributed by atoms with Crippen LogP contribution in [0.2, 0.25) is 0 Å². The third-order valence-electron chi connectivity index (χ3n) is 3.40. The first kappa shape index (κ1) is 19.2. The van der Waals surface area contributed by atoms with Crippen LogP contribution < -0.4 is 9.46 Å². The molecule has 3 rings (SSSR count). The van der Waals surface area contributed by atoms with Gasteiger partial charge in [-0.15, -0.1) is 24.5 Å². The molecule has 0 bridgehead atoms. The van der Waals surface area contributed by atoms with Gasteiger partial charge in [0, 0.05) is 16.6 Å². The van der Waals surface area contributed by atoms with E-state index in [9.17, 15) is 21.6 Å². The highest BCUT2D eigenvalue weighted by Gasteiger charge is 2.31. The van der Waals surface area contributed by atoms with Crippen LogP contribution in [0.25, 0.3) is 11.3 Å². The second kappa shape index (κ2) is 7.20. The number of hydrogen-bond donors (Lipinski definition) is 1. The second-order valence-electron chi connectivity index (χ2n) is 5.46. The van der Waals surface area contributed by atoms with Crippen molar-refractivity contribution in [3.05, 3.63) is 58.9 Å². The monoisotopic (exact) mass is 414 g/mol. The summed E-state index contributed by atoms with van der Waals surface area (Å²) in [6, 6.07) is 10.6. The van der Waals surface area contributed by atoms with Crippen molar-refractivity contribution < 1.29 is 26.3 Å². The molecule has 0 radical (unpaired) electrons. The second-order valence-corrected chi connectivity index (χ2v) is 8.20. The molecule has 1 heterocycles. The lowest BCUT2D eigenvalue weighted by atomic mass is 10.1. The molecule has 0 amide bonds. The summed E-state index contributed by atoms with van der Waals surface area (Å²) in [4.78, 5) is 4.16. The van der Waals surface area contributed by atoms with E-state index in [1.807, 2.05) is 12.3 Å². The Hall–Kier alpha value is -2.59. The van der Waals surface area contributed by atoms with Gasteiger partial charge in [0.2, 0.25) is 0 Å². The molecule has 0 aliphatic heterocycles. The average molecular weight is 414 g/mol. The standard InChI is InChI=1S/C17H13F3N2O3S2/c1-11-21-16(10-26-11)12-3-2-4-13(9-12)22-27(23,24)15-7-5-14(6-8-15)25-17(18,19)20/h2-10,22H,1H3. The molecule has 1 aromatic heterocycles. The number of rotatable bonds is 5. The van der Waals surface area contributed by atoms with Crippen LogP contribution in [0.3, 0.4) is 0 Å². The molecule has 0 saturated carbocycles. The Labute approximate surface area is 157 Å². The Balaban J connectivity index is 1.80. The lowest BCUT2D eigenvalue weighted by Crippen LogP contribution is -2.17. The number of aromatic nitrogens is 1. The molecule has 27 heavy (non-hydrogen) atoms. The third kappa shape index (κ3) is 4.98. The molecule has 0 atom stereocenters. The van der Waals surface area contributed by atoms with Gasteiger partial charge < -0.3 is 4.74 Å². The number of halogens is 3. The van der Waals surface area contributed by atoms with Gasteiger partial charge in [-0.25, -0.2) is 13.4 Å². The van der Waals surface area contributed by atoms with Crippen LogP contribution >= 0.6 is 11.3 Å². The van der Waals surface area contributed by atoms with E-state index in [1.54, 1.807) is 24.3 Å². The first-order valence-electron chi connectivity index (χ1n) is 7.54. The van der Waals surface area contributed by atoms with E-state index in [4.69, 9.17) is 0 Å². The molecule has 10 heteroatoms. The molecular formula is C17H13F3N2O3S2. The van der Waals surface area contributed by atoms with Crippen molar-refractivity contribution in [1.29, 1.82) is 0 Å².